The normalized spacial score (nSPS) is 16.3. The Labute approximate surface area is 94.6 Å². The summed E-state index contributed by atoms with van der Waals surface area (Å²) in [5, 5.41) is 0. The third-order valence-electron chi connectivity index (χ3n) is 2.49. The summed E-state index contributed by atoms with van der Waals surface area (Å²) in [6.45, 7) is 2.74. The number of anilines is 1. The number of Topliss-reactive ketones (excluding diaryl/α,β-unsaturated/α-hetero) is 1. The molecule has 1 N–H and O–H groups in total. The van der Waals surface area contributed by atoms with Gasteiger partial charge < -0.3 is 9.88 Å². The molecule has 0 bridgehead atoms. The molecular formula is C9H10BrN3O2. The number of nitrogens with zero attached hydrogens (tertiary/aromatic N) is 2. The summed E-state index contributed by atoms with van der Waals surface area (Å²) in [5.41, 5.74) is -0.222. The summed E-state index contributed by atoms with van der Waals surface area (Å²) in [4.78, 5) is 30.9. The molecule has 0 unspecified atom stereocenters. The molecule has 0 aliphatic carbocycles. The summed E-state index contributed by atoms with van der Waals surface area (Å²) in [5.74, 6) is 0.588. The molecule has 15 heavy (non-hydrogen) atoms. The van der Waals surface area contributed by atoms with Gasteiger partial charge in [0.25, 0.3) is 5.56 Å². The average molecular weight is 272 g/mol. The quantitative estimate of drug-likeness (QED) is 0.854. The van der Waals surface area contributed by atoms with Gasteiger partial charge in [-0.15, -0.1) is 0 Å². The first kappa shape index (κ1) is 10.4. The molecule has 1 aromatic rings. The van der Waals surface area contributed by atoms with Crippen LogP contribution in [-0.4, -0.2) is 28.8 Å². The van der Waals surface area contributed by atoms with Crippen LogP contribution in [0.15, 0.2) is 15.6 Å². The molecule has 0 radical (unpaired) electrons. The summed E-state index contributed by atoms with van der Waals surface area (Å²) in [6, 6.07) is 0. The highest BCUT2D eigenvalue weighted by Crippen LogP contribution is 2.21. The van der Waals surface area contributed by atoms with E-state index < -0.39 is 0 Å². The zero-order valence-corrected chi connectivity index (χ0v) is 9.74. The molecule has 0 amide bonds. The molecule has 0 saturated carbocycles. The van der Waals surface area contributed by atoms with Gasteiger partial charge >= 0.3 is 0 Å². The van der Waals surface area contributed by atoms with Gasteiger partial charge in [0.05, 0.1) is 5.92 Å². The first-order chi connectivity index (χ1) is 7.08. The number of aromatic nitrogens is 2. The van der Waals surface area contributed by atoms with Crippen molar-refractivity contribution in [3.63, 3.8) is 0 Å². The maximum atomic E-state index is 11.4. The van der Waals surface area contributed by atoms with Crippen LogP contribution < -0.4 is 10.5 Å². The molecule has 2 rings (SSSR count). The Morgan fingerprint density at radius 3 is 2.93 bits per heavy atom. The predicted molar refractivity (Wildman–Crippen MR) is 58.9 cm³/mol. The van der Waals surface area contributed by atoms with Crippen molar-refractivity contribution >= 4 is 27.5 Å². The number of hydrogen-bond donors (Lipinski definition) is 1. The number of ketones is 1. The van der Waals surface area contributed by atoms with E-state index in [4.69, 9.17) is 0 Å². The van der Waals surface area contributed by atoms with Crippen LogP contribution in [0.2, 0.25) is 0 Å². The molecule has 80 valence electrons. The van der Waals surface area contributed by atoms with Crippen LogP contribution in [0.4, 0.5) is 5.82 Å². The first-order valence-electron chi connectivity index (χ1n) is 4.58. The highest BCUT2D eigenvalue weighted by Gasteiger charge is 2.32. The van der Waals surface area contributed by atoms with Gasteiger partial charge in [0.2, 0.25) is 0 Å². The Kier molecular flexibility index (Phi) is 2.60. The number of hydrogen-bond acceptors (Lipinski definition) is 4. The largest absolute Gasteiger partial charge is 0.350 e. The van der Waals surface area contributed by atoms with E-state index in [2.05, 4.69) is 25.9 Å². The second-order valence-corrected chi connectivity index (χ2v) is 4.40. The van der Waals surface area contributed by atoms with E-state index in [1.165, 1.54) is 6.20 Å². The summed E-state index contributed by atoms with van der Waals surface area (Å²) < 4.78 is 0.586. The van der Waals surface area contributed by atoms with E-state index in [9.17, 15) is 9.59 Å². The van der Waals surface area contributed by atoms with Crippen LogP contribution in [0, 0.1) is 5.92 Å². The van der Waals surface area contributed by atoms with Gasteiger partial charge in [-0.1, -0.05) is 0 Å². The number of nitrogens with one attached hydrogen (secondary N) is 1. The van der Waals surface area contributed by atoms with Crippen molar-refractivity contribution in [1.29, 1.82) is 0 Å². The summed E-state index contributed by atoms with van der Waals surface area (Å²) >= 11 is 3.19. The molecular weight excluding hydrogens is 262 g/mol. The third-order valence-corrected chi connectivity index (χ3v) is 2.90. The summed E-state index contributed by atoms with van der Waals surface area (Å²) in [7, 11) is 0. The minimum atomic E-state index is -0.222. The topological polar surface area (TPSA) is 66.1 Å². The van der Waals surface area contributed by atoms with Crippen LogP contribution in [0.1, 0.15) is 6.92 Å². The van der Waals surface area contributed by atoms with Crippen molar-refractivity contribution in [2.75, 3.05) is 18.0 Å². The molecule has 0 spiro atoms. The molecule has 6 heteroatoms. The van der Waals surface area contributed by atoms with Crippen molar-refractivity contribution < 1.29 is 4.79 Å². The monoisotopic (exact) mass is 271 g/mol. The van der Waals surface area contributed by atoms with Crippen molar-refractivity contribution in [3.05, 3.63) is 21.2 Å². The Morgan fingerprint density at radius 2 is 2.33 bits per heavy atom. The van der Waals surface area contributed by atoms with E-state index in [1.54, 1.807) is 11.8 Å². The number of aromatic amines is 1. The van der Waals surface area contributed by atoms with Crippen LogP contribution in [-0.2, 0) is 4.79 Å². The van der Waals surface area contributed by atoms with Gasteiger partial charge in [0.15, 0.2) is 5.82 Å². The lowest BCUT2D eigenvalue weighted by molar-refractivity contribution is -0.121. The lowest BCUT2D eigenvalue weighted by atomic mass is 9.96. The Balaban J connectivity index is 2.16. The van der Waals surface area contributed by atoms with Crippen molar-refractivity contribution in [3.8, 4) is 0 Å². The molecule has 0 aromatic carbocycles. The van der Waals surface area contributed by atoms with Gasteiger partial charge in [0.1, 0.15) is 10.4 Å². The smallest absolute Gasteiger partial charge is 0.290 e. The molecule has 1 aromatic heterocycles. The van der Waals surface area contributed by atoms with Gasteiger partial charge in [-0.3, -0.25) is 9.59 Å². The highest BCUT2D eigenvalue weighted by molar-refractivity contribution is 9.10. The van der Waals surface area contributed by atoms with E-state index in [1.807, 2.05) is 0 Å². The van der Waals surface area contributed by atoms with E-state index in [-0.39, 0.29) is 17.3 Å². The van der Waals surface area contributed by atoms with Crippen LogP contribution in [0.25, 0.3) is 0 Å². The molecule has 1 aliphatic rings. The standard InChI is InChI=1S/C9H10BrN3O2/c1-5(14)6-3-13(4-6)8-9(15)11-2-7(10)12-8/h2,6H,3-4H2,1H3,(H,11,15). The maximum Gasteiger partial charge on any atom is 0.290 e. The first-order valence-corrected chi connectivity index (χ1v) is 5.38. The van der Waals surface area contributed by atoms with Crippen molar-refractivity contribution in [1.82, 2.24) is 9.97 Å². The fourth-order valence-corrected chi connectivity index (χ4v) is 1.78. The van der Waals surface area contributed by atoms with Gasteiger partial charge in [-0.2, -0.15) is 0 Å². The minimum absolute atomic E-state index is 0.0465. The second kappa shape index (κ2) is 3.77. The van der Waals surface area contributed by atoms with Crippen LogP contribution in [0.3, 0.4) is 0 Å². The van der Waals surface area contributed by atoms with Crippen molar-refractivity contribution in [2.24, 2.45) is 5.92 Å². The lowest BCUT2D eigenvalue weighted by Gasteiger charge is -2.37. The molecule has 1 aliphatic heterocycles. The van der Waals surface area contributed by atoms with E-state index >= 15 is 0 Å². The Bertz CT molecular complexity index is 451. The maximum absolute atomic E-state index is 11.4. The fourth-order valence-electron chi connectivity index (χ4n) is 1.50. The number of halogens is 1. The van der Waals surface area contributed by atoms with E-state index in [0.717, 1.165) is 0 Å². The van der Waals surface area contributed by atoms with Crippen LogP contribution in [0.5, 0.6) is 0 Å². The SMILES string of the molecule is CC(=O)C1CN(c2nc(Br)c[nH]c2=O)C1. The lowest BCUT2D eigenvalue weighted by Crippen LogP contribution is -2.52. The zero-order valence-electron chi connectivity index (χ0n) is 8.16. The zero-order chi connectivity index (χ0) is 11.0. The number of carbonyl (C=O) groups excluding carboxylic acids is 1. The molecule has 0 atom stereocenters. The van der Waals surface area contributed by atoms with Gasteiger partial charge in [-0.05, 0) is 22.9 Å². The summed E-state index contributed by atoms with van der Waals surface area (Å²) in [6.07, 6.45) is 1.49. The minimum Gasteiger partial charge on any atom is -0.350 e. The second-order valence-electron chi connectivity index (χ2n) is 3.59. The van der Waals surface area contributed by atoms with Gasteiger partial charge in [-0.25, -0.2) is 4.98 Å². The fraction of sp³-hybridized carbons (Fsp3) is 0.444. The molecule has 5 nitrogen and oxygen atoms in total. The Hall–Kier alpha value is -1.17. The number of H-pyrrole nitrogens is 1. The molecule has 1 fully saturated rings. The predicted octanol–water partition coefficient (Wildman–Crippen LogP) is 0.558. The van der Waals surface area contributed by atoms with Crippen molar-refractivity contribution in [2.45, 2.75) is 6.92 Å². The molecule has 2 heterocycles. The average Bonchev–Trinajstić information content (AvgIpc) is 2.08. The number of rotatable bonds is 2. The molecule has 1 saturated heterocycles. The third kappa shape index (κ3) is 1.94. The number of carbonyl (C=O) groups is 1. The Morgan fingerprint density at radius 1 is 1.67 bits per heavy atom. The van der Waals surface area contributed by atoms with Gasteiger partial charge in [0, 0.05) is 19.3 Å². The van der Waals surface area contributed by atoms with Crippen LogP contribution >= 0.6 is 15.9 Å². The van der Waals surface area contributed by atoms with E-state index in [0.29, 0.717) is 23.5 Å². The highest BCUT2D eigenvalue weighted by atomic mass is 79.9.